The van der Waals surface area contributed by atoms with Crippen molar-refractivity contribution in [3.8, 4) is 0 Å². The summed E-state index contributed by atoms with van der Waals surface area (Å²) in [5.74, 6) is -0.219. The first kappa shape index (κ1) is 15.9. The first-order valence-corrected chi connectivity index (χ1v) is 7.14. The molecule has 2 aromatic rings. The highest BCUT2D eigenvalue weighted by Gasteiger charge is 2.15. The van der Waals surface area contributed by atoms with Crippen molar-refractivity contribution in [3.63, 3.8) is 0 Å². The summed E-state index contributed by atoms with van der Waals surface area (Å²) in [6.45, 7) is 0.974. The van der Waals surface area contributed by atoms with Crippen LogP contribution in [0.2, 0.25) is 10.2 Å². The van der Waals surface area contributed by atoms with Crippen LogP contribution in [-0.2, 0) is 24.9 Å². The molecule has 1 N–H and O–H groups in total. The monoisotopic (exact) mass is 326 g/mol. The van der Waals surface area contributed by atoms with E-state index in [1.165, 1.54) is 0 Å². The predicted molar refractivity (Wildman–Crippen MR) is 83.8 cm³/mol. The average Bonchev–Trinajstić information content (AvgIpc) is 2.73. The number of amides is 1. The number of carbonyl (C=O) groups excluding carboxylic acids is 1. The molecular weight excluding hydrogens is 311 g/mol. The zero-order valence-electron chi connectivity index (χ0n) is 11.8. The second-order valence-electron chi connectivity index (χ2n) is 4.66. The number of hydrogen-bond donors (Lipinski definition) is 1. The molecule has 0 fully saturated rings. The normalized spacial score (nSPS) is 10.7. The standard InChI is InChI=1S/C15H16Cl2N2O2/c1-19-13(7-12(16)14(19)17)15(20)18-8-10-4-3-5-11(6-10)9-21-2/h3-7H,8-9H2,1-2H3,(H,18,20). The van der Waals surface area contributed by atoms with E-state index in [4.69, 9.17) is 27.9 Å². The summed E-state index contributed by atoms with van der Waals surface area (Å²) >= 11 is 11.9. The zero-order chi connectivity index (χ0) is 15.4. The summed E-state index contributed by atoms with van der Waals surface area (Å²) in [7, 11) is 3.35. The number of carbonyl (C=O) groups is 1. The number of rotatable bonds is 5. The molecule has 0 atom stereocenters. The van der Waals surface area contributed by atoms with Gasteiger partial charge in [0.2, 0.25) is 0 Å². The van der Waals surface area contributed by atoms with Crippen molar-refractivity contribution in [1.29, 1.82) is 0 Å². The second kappa shape index (κ2) is 6.98. The fourth-order valence-electron chi connectivity index (χ4n) is 2.03. The number of benzene rings is 1. The lowest BCUT2D eigenvalue weighted by molar-refractivity contribution is 0.0943. The number of hydrogen-bond acceptors (Lipinski definition) is 2. The van der Waals surface area contributed by atoms with Crippen LogP contribution in [0.3, 0.4) is 0 Å². The van der Waals surface area contributed by atoms with Crippen LogP contribution in [0.5, 0.6) is 0 Å². The molecule has 2 rings (SSSR count). The summed E-state index contributed by atoms with van der Waals surface area (Å²) in [5, 5.41) is 3.57. The molecule has 0 unspecified atom stereocenters. The third-order valence-electron chi connectivity index (χ3n) is 3.10. The zero-order valence-corrected chi connectivity index (χ0v) is 13.3. The Morgan fingerprint density at radius 1 is 1.29 bits per heavy atom. The summed E-state index contributed by atoms with van der Waals surface area (Å²) in [4.78, 5) is 12.1. The number of halogens is 2. The maximum atomic E-state index is 12.1. The van der Waals surface area contributed by atoms with Gasteiger partial charge in [-0.05, 0) is 17.2 Å². The van der Waals surface area contributed by atoms with Gasteiger partial charge in [-0.1, -0.05) is 47.5 Å². The summed E-state index contributed by atoms with van der Waals surface area (Å²) < 4.78 is 6.65. The topological polar surface area (TPSA) is 43.3 Å². The van der Waals surface area contributed by atoms with Crippen LogP contribution in [-0.4, -0.2) is 17.6 Å². The summed E-state index contributed by atoms with van der Waals surface area (Å²) in [5.41, 5.74) is 2.50. The van der Waals surface area contributed by atoms with Crippen LogP contribution in [0.25, 0.3) is 0 Å². The SMILES string of the molecule is COCc1cccc(CNC(=O)c2cc(Cl)c(Cl)n2C)c1. The number of nitrogens with one attached hydrogen (secondary N) is 1. The average molecular weight is 327 g/mol. The number of methoxy groups -OCH3 is 1. The number of ether oxygens (including phenoxy) is 1. The lowest BCUT2D eigenvalue weighted by atomic mass is 10.1. The fraction of sp³-hybridized carbons (Fsp3) is 0.267. The molecule has 0 spiro atoms. The minimum atomic E-state index is -0.219. The van der Waals surface area contributed by atoms with Crippen LogP contribution in [0, 0.1) is 0 Å². The highest BCUT2D eigenvalue weighted by molar-refractivity contribution is 6.41. The molecule has 0 bridgehead atoms. The van der Waals surface area contributed by atoms with Gasteiger partial charge in [0, 0.05) is 20.7 Å². The molecule has 21 heavy (non-hydrogen) atoms. The predicted octanol–water partition coefficient (Wildman–Crippen LogP) is 3.41. The molecule has 0 radical (unpaired) electrons. The van der Waals surface area contributed by atoms with Crippen molar-refractivity contribution < 1.29 is 9.53 Å². The van der Waals surface area contributed by atoms with Crippen molar-refractivity contribution in [2.45, 2.75) is 13.2 Å². The maximum absolute atomic E-state index is 12.1. The van der Waals surface area contributed by atoms with E-state index < -0.39 is 0 Å². The lowest BCUT2D eigenvalue weighted by Crippen LogP contribution is -2.24. The Morgan fingerprint density at radius 2 is 2.00 bits per heavy atom. The van der Waals surface area contributed by atoms with E-state index in [0.717, 1.165) is 11.1 Å². The van der Waals surface area contributed by atoms with Gasteiger partial charge < -0.3 is 14.6 Å². The first-order chi connectivity index (χ1) is 10.0. The molecule has 0 saturated carbocycles. The molecule has 4 nitrogen and oxygen atoms in total. The van der Waals surface area contributed by atoms with Gasteiger partial charge in [-0.15, -0.1) is 0 Å². The number of nitrogens with zero attached hydrogens (tertiary/aromatic N) is 1. The molecule has 6 heteroatoms. The van der Waals surface area contributed by atoms with Gasteiger partial charge in [-0.25, -0.2) is 0 Å². The molecule has 0 aliphatic carbocycles. The van der Waals surface area contributed by atoms with E-state index >= 15 is 0 Å². The quantitative estimate of drug-likeness (QED) is 0.914. The van der Waals surface area contributed by atoms with Crippen molar-refractivity contribution >= 4 is 29.1 Å². The Bertz CT molecular complexity index is 653. The Kier molecular flexibility index (Phi) is 5.28. The Labute approximate surface area is 133 Å². The van der Waals surface area contributed by atoms with Crippen molar-refractivity contribution in [3.05, 3.63) is 57.3 Å². The van der Waals surface area contributed by atoms with E-state index in [9.17, 15) is 4.79 Å². The minimum Gasteiger partial charge on any atom is -0.380 e. The van der Waals surface area contributed by atoms with Crippen LogP contribution >= 0.6 is 23.2 Å². The molecule has 1 aromatic carbocycles. The van der Waals surface area contributed by atoms with Crippen LogP contribution in [0.15, 0.2) is 30.3 Å². The van der Waals surface area contributed by atoms with Gasteiger partial charge in [0.1, 0.15) is 10.8 Å². The van der Waals surface area contributed by atoms with Crippen molar-refractivity contribution in [2.24, 2.45) is 7.05 Å². The molecular formula is C15H16Cl2N2O2. The first-order valence-electron chi connectivity index (χ1n) is 6.38. The largest absolute Gasteiger partial charge is 0.380 e. The molecule has 0 saturated heterocycles. The molecule has 0 aliphatic rings. The smallest absolute Gasteiger partial charge is 0.268 e. The minimum absolute atomic E-state index is 0.219. The van der Waals surface area contributed by atoms with E-state index in [-0.39, 0.29) is 5.91 Å². The highest BCUT2D eigenvalue weighted by atomic mass is 35.5. The fourth-order valence-corrected chi connectivity index (χ4v) is 2.40. The third kappa shape index (κ3) is 3.79. The van der Waals surface area contributed by atoms with E-state index in [0.29, 0.717) is 29.0 Å². The van der Waals surface area contributed by atoms with Gasteiger partial charge in [-0.3, -0.25) is 4.79 Å². The summed E-state index contributed by atoms with van der Waals surface area (Å²) in [6.07, 6.45) is 0. The lowest BCUT2D eigenvalue weighted by Gasteiger charge is -2.08. The molecule has 1 aromatic heterocycles. The van der Waals surface area contributed by atoms with Crippen LogP contribution in [0.1, 0.15) is 21.6 Å². The van der Waals surface area contributed by atoms with E-state index in [2.05, 4.69) is 5.32 Å². The van der Waals surface area contributed by atoms with Gasteiger partial charge in [-0.2, -0.15) is 0 Å². The second-order valence-corrected chi connectivity index (χ2v) is 5.43. The molecule has 1 amide bonds. The van der Waals surface area contributed by atoms with Crippen molar-refractivity contribution in [1.82, 2.24) is 9.88 Å². The summed E-state index contributed by atoms with van der Waals surface area (Å²) in [6, 6.07) is 9.41. The van der Waals surface area contributed by atoms with Gasteiger partial charge >= 0.3 is 0 Å². The van der Waals surface area contributed by atoms with Gasteiger partial charge in [0.25, 0.3) is 5.91 Å². The molecule has 0 aliphatic heterocycles. The van der Waals surface area contributed by atoms with Crippen LogP contribution < -0.4 is 5.32 Å². The molecule has 1 heterocycles. The highest BCUT2D eigenvalue weighted by Crippen LogP contribution is 2.25. The Morgan fingerprint density at radius 3 is 2.62 bits per heavy atom. The molecule has 112 valence electrons. The van der Waals surface area contributed by atoms with Gasteiger partial charge in [0.05, 0.1) is 11.6 Å². The third-order valence-corrected chi connectivity index (χ3v) is 3.95. The number of aromatic nitrogens is 1. The Hall–Kier alpha value is -1.49. The van der Waals surface area contributed by atoms with Crippen molar-refractivity contribution in [2.75, 3.05) is 7.11 Å². The van der Waals surface area contributed by atoms with E-state index in [1.807, 2.05) is 24.3 Å². The van der Waals surface area contributed by atoms with Crippen LogP contribution in [0.4, 0.5) is 0 Å². The van der Waals surface area contributed by atoms with Gasteiger partial charge in [0.15, 0.2) is 0 Å². The Balaban J connectivity index is 2.04. The van der Waals surface area contributed by atoms with E-state index in [1.54, 1.807) is 24.8 Å². The maximum Gasteiger partial charge on any atom is 0.268 e.